The maximum absolute atomic E-state index is 12.7. The maximum atomic E-state index is 12.7. The molecule has 1 heterocycles. The van der Waals surface area contributed by atoms with Crippen LogP contribution in [0.1, 0.15) is 32.0 Å². The average molecular weight is 359 g/mol. The van der Waals surface area contributed by atoms with Crippen molar-refractivity contribution in [1.29, 1.82) is 0 Å². The number of pyridine rings is 1. The van der Waals surface area contributed by atoms with Gasteiger partial charge in [-0.25, -0.2) is 0 Å². The standard InChI is InChI=1S/C22H21N3O2/c1-15-11-16(2)13-18(12-15)24-21(26)17-9-10-23-20(14-17)22(27)25(3)19-7-5-4-6-8-19/h4-14H,1-3H3,(H,24,26). The first-order valence-electron chi connectivity index (χ1n) is 8.63. The fourth-order valence-corrected chi connectivity index (χ4v) is 2.88. The van der Waals surface area contributed by atoms with Crippen LogP contribution in [0.4, 0.5) is 11.4 Å². The highest BCUT2D eigenvalue weighted by Gasteiger charge is 2.17. The molecule has 0 unspecified atom stereocenters. The molecule has 0 spiro atoms. The summed E-state index contributed by atoms with van der Waals surface area (Å²) in [6.07, 6.45) is 1.47. The lowest BCUT2D eigenvalue weighted by Gasteiger charge is -2.17. The zero-order valence-electron chi connectivity index (χ0n) is 15.6. The average Bonchev–Trinajstić information content (AvgIpc) is 2.67. The molecule has 0 radical (unpaired) electrons. The molecule has 3 aromatic rings. The van der Waals surface area contributed by atoms with Crippen molar-refractivity contribution >= 4 is 23.2 Å². The number of hydrogen-bond acceptors (Lipinski definition) is 3. The van der Waals surface area contributed by atoms with Gasteiger partial charge in [-0.3, -0.25) is 14.6 Å². The van der Waals surface area contributed by atoms with E-state index in [4.69, 9.17) is 0 Å². The van der Waals surface area contributed by atoms with Crippen LogP contribution in [0.15, 0.2) is 66.9 Å². The highest BCUT2D eigenvalue weighted by atomic mass is 16.2. The lowest BCUT2D eigenvalue weighted by molar-refractivity contribution is 0.0988. The van der Waals surface area contributed by atoms with Gasteiger partial charge < -0.3 is 10.2 Å². The van der Waals surface area contributed by atoms with Gasteiger partial charge in [-0.2, -0.15) is 0 Å². The third kappa shape index (κ3) is 4.39. The monoisotopic (exact) mass is 359 g/mol. The third-order valence-corrected chi connectivity index (χ3v) is 4.17. The molecular weight excluding hydrogens is 338 g/mol. The molecule has 3 rings (SSSR count). The molecule has 5 nitrogen and oxygen atoms in total. The van der Waals surface area contributed by atoms with Crippen molar-refractivity contribution < 1.29 is 9.59 Å². The summed E-state index contributed by atoms with van der Waals surface area (Å²) in [5, 5.41) is 2.88. The molecule has 1 aromatic heterocycles. The van der Waals surface area contributed by atoms with Crippen LogP contribution in [0.3, 0.4) is 0 Å². The lowest BCUT2D eigenvalue weighted by Crippen LogP contribution is -2.27. The van der Waals surface area contributed by atoms with Crippen LogP contribution in [0.25, 0.3) is 0 Å². The van der Waals surface area contributed by atoms with E-state index in [1.807, 2.05) is 62.4 Å². The second kappa shape index (κ2) is 7.83. The zero-order chi connectivity index (χ0) is 19.4. The Balaban J connectivity index is 1.80. The van der Waals surface area contributed by atoms with Crippen molar-refractivity contribution in [3.8, 4) is 0 Å². The number of rotatable bonds is 4. The number of para-hydroxylation sites is 1. The Morgan fingerprint density at radius 1 is 0.926 bits per heavy atom. The number of amides is 2. The number of aryl methyl sites for hydroxylation is 2. The van der Waals surface area contributed by atoms with E-state index in [2.05, 4.69) is 10.3 Å². The summed E-state index contributed by atoms with van der Waals surface area (Å²) in [7, 11) is 1.68. The summed E-state index contributed by atoms with van der Waals surface area (Å²) >= 11 is 0. The van der Waals surface area contributed by atoms with Crippen molar-refractivity contribution in [2.24, 2.45) is 0 Å². The van der Waals surface area contributed by atoms with E-state index >= 15 is 0 Å². The van der Waals surface area contributed by atoms with Crippen molar-refractivity contribution in [3.05, 3.63) is 89.2 Å². The molecule has 2 amide bonds. The van der Waals surface area contributed by atoms with Gasteiger partial charge in [-0.15, -0.1) is 0 Å². The van der Waals surface area contributed by atoms with E-state index in [1.54, 1.807) is 13.1 Å². The maximum Gasteiger partial charge on any atom is 0.276 e. The normalized spacial score (nSPS) is 10.3. The van der Waals surface area contributed by atoms with Crippen LogP contribution in [-0.4, -0.2) is 23.8 Å². The molecule has 27 heavy (non-hydrogen) atoms. The molecule has 5 heteroatoms. The fraction of sp³-hybridized carbons (Fsp3) is 0.136. The molecular formula is C22H21N3O2. The Bertz CT molecular complexity index is 964. The predicted octanol–water partition coefficient (Wildman–Crippen LogP) is 4.23. The number of hydrogen-bond donors (Lipinski definition) is 1. The third-order valence-electron chi connectivity index (χ3n) is 4.17. The van der Waals surface area contributed by atoms with Gasteiger partial charge >= 0.3 is 0 Å². The Labute approximate surface area is 158 Å². The molecule has 2 aromatic carbocycles. The smallest absolute Gasteiger partial charge is 0.276 e. The van der Waals surface area contributed by atoms with Gasteiger partial charge in [0, 0.05) is 30.2 Å². The lowest BCUT2D eigenvalue weighted by atomic mass is 10.1. The van der Waals surface area contributed by atoms with Crippen LogP contribution in [0.5, 0.6) is 0 Å². The highest BCUT2D eigenvalue weighted by molar-refractivity contribution is 6.08. The molecule has 0 saturated heterocycles. The van der Waals surface area contributed by atoms with Crippen LogP contribution in [0, 0.1) is 13.8 Å². The first kappa shape index (κ1) is 18.3. The van der Waals surface area contributed by atoms with Crippen LogP contribution < -0.4 is 10.2 Å². The number of carbonyl (C=O) groups is 2. The number of anilines is 2. The summed E-state index contributed by atoms with van der Waals surface area (Å²) in [5.41, 5.74) is 4.22. The number of nitrogens with one attached hydrogen (secondary N) is 1. The van der Waals surface area contributed by atoms with E-state index in [0.29, 0.717) is 5.56 Å². The molecule has 0 atom stereocenters. The number of carbonyl (C=O) groups excluding carboxylic acids is 2. The minimum Gasteiger partial charge on any atom is -0.322 e. The van der Waals surface area contributed by atoms with E-state index < -0.39 is 0 Å². The number of aromatic nitrogens is 1. The fourth-order valence-electron chi connectivity index (χ4n) is 2.88. The quantitative estimate of drug-likeness (QED) is 0.758. The largest absolute Gasteiger partial charge is 0.322 e. The Hall–Kier alpha value is -3.47. The summed E-state index contributed by atoms with van der Waals surface area (Å²) in [6.45, 7) is 3.95. The van der Waals surface area contributed by atoms with Crippen molar-refractivity contribution in [1.82, 2.24) is 4.98 Å². The topological polar surface area (TPSA) is 62.3 Å². The molecule has 0 bridgehead atoms. The van der Waals surface area contributed by atoms with Crippen molar-refractivity contribution in [3.63, 3.8) is 0 Å². The molecule has 0 aliphatic carbocycles. The van der Waals surface area contributed by atoms with Gasteiger partial charge in [0.15, 0.2) is 0 Å². The van der Waals surface area contributed by atoms with Gasteiger partial charge in [-0.1, -0.05) is 24.3 Å². The summed E-state index contributed by atoms with van der Waals surface area (Å²) in [6, 6.07) is 18.2. The molecule has 136 valence electrons. The Kier molecular flexibility index (Phi) is 5.31. The Morgan fingerprint density at radius 2 is 1.59 bits per heavy atom. The molecule has 1 N–H and O–H groups in total. The van der Waals surface area contributed by atoms with Crippen LogP contribution in [0.2, 0.25) is 0 Å². The van der Waals surface area contributed by atoms with E-state index in [1.165, 1.54) is 17.2 Å². The van der Waals surface area contributed by atoms with Crippen LogP contribution in [-0.2, 0) is 0 Å². The van der Waals surface area contributed by atoms with E-state index in [9.17, 15) is 9.59 Å². The number of nitrogens with zero attached hydrogens (tertiary/aromatic N) is 2. The first-order valence-corrected chi connectivity index (χ1v) is 8.63. The van der Waals surface area contributed by atoms with E-state index in [-0.39, 0.29) is 17.5 Å². The molecule has 0 aliphatic heterocycles. The summed E-state index contributed by atoms with van der Waals surface area (Å²) in [5.74, 6) is -0.555. The molecule has 0 fully saturated rings. The van der Waals surface area contributed by atoms with Gasteiger partial charge in [0.1, 0.15) is 5.69 Å². The highest BCUT2D eigenvalue weighted by Crippen LogP contribution is 2.17. The molecule has 0 saturated carbocycles. The van der Waals surface area contributed by atoms with Crippen molar-refractivity contribution in [2.45, 2.75) is 13.8 Å². The second-order valence-electron chi connectivity index (χ2n) is 6.46. The van der Waals surface area contributed by atoms with Crippen LogP contribution >= 0.6 is 0 Å². The predicted molar refractivity (Wildman–Crippen MR) is 107 cm³/mol. The van der Waals surface area contributed by atoms with Gasteiger partial charge in [0.2, 0.25) is 0 Å². The minimum atomic E-state index is -0.279. The van der Waals surface area contributed by atoms with Gasteiger partial charge in [0.05, 0.1) is 0 Å². The first-order chi connectivity index (χ1) is 12.9. The summed E-state index contributed by atoms with van der Waals surface area (Å²) < 4.78 is 0. The van der Waals surface area contributed by atoms with Gasteiger partial charge in [-0.05, 0) is 61.4 Å². The number of benzene rings is 2. The van der Waals surface area contributed by atoms with E-state index in [0.717, 1.165) is 22.5 Å². The minimum absolute atomic E-state index is 0.217. The van der Waals surface area contributed by atoms with Crippen molar-refractivity contribution in [2.75, 3.05) is 17.3 Å². The second-order valence-corrected chi connectivity index (χ2v) is 6.46. The Morgan fingerprint density at radius 3 is 2.26 bits per heavy atom. The van der Waals surface area contributed by atoms with Gasteiger partial charge in [0.25, 0.3) is 11.8 Å². The SMILES string of the molecule is Cc1cc(C)cc(NC(=O)c2ccnc(C(=O)N(C)c3ccccc3)c2)c1. The zero-order valence-corrected chi connectivity index (χ0v) is 15.6. The summed E-state index contributed by atoms with van der Waals surface area (Å²) in [4.78, 5) is 30.9. The molecule has 0 aliphatic rings.